The molecule has 13 heavy (non-hydrogen) atoms. The Morgan fingerprint density at radius 3 is 2.77 bits per heavy atom. The van der Waals surface area contributed by atoms with Gasteiger partial charge in [-0.05, 0) is 6.42 Å². The summed E-state index contributed by atoms with van der Waals surface area (Å²) in [6, 6.07) is 0. The van der Waals surface area contributed by atoms with E-state index >= 15 is 0 Å². The van der Waals surface area contributed by atoms with Gasteiger partial charge in [-0.25, -0.2) is 0 Å². The Balaban J connectivity index is 3.72. The van der Waals surface area contributed by atoms with Crippen molar-refractivity contribution in [2.45, 2.75) is 26.7 Å². The molecule has 0 fully saturated rings. The van der Waals surface area contributed by atoms with Crippen LogP contribution in [0, 0.1) is 5.39 Å². The summed E-state index contributed by atoms with van der Waals surface area (Å²) >= 11 is 0. The third-order valence-electron chi connectivity index (χ3n) is 1.40. The minimum absolute atomic E-state index is 0.0730. The predicted octanol–water partition coefficient (Wildman–Crippen LogP) is 2.96. The Kier molecular flexibility index (Phi) is 6.34. The Labute approximate surface area is 78.1 Å². The molecule has 1 N–H and O–H groups in total. The second-order valence-corrected chi connectivity index (χ2v) is 2.56. The van der Waals surface area contributed by atoms with Crippen LogP contribution in [0.15, 0.2) is 23.8 Å². The van der Waals surface area contributed by atoms with Gasteiger partial charge in [-0.2, -0.15) is 0 Å². The van der Waals surface area contributed by atoms with E-state index in [1.807, 2.05) is 12.2 Å². The average Bonchev–Trinajstić information content (AvgIpc) is 2.16. The van der Waals surface area contributed by atoms with Gasteiger partial charge in [-0.1, -0.05) is 25.5 Å². The maximum atomic E-state index is 9.04. The van der Waals surface area contributed by atoms with E-state index in [0.29, 0.717) is 6.61 Å². The molecule has 0 atom stereocenters. The minimum Gasteiger partial charge on any atom is -0.475 e. The van der Waals surface area contributed by atoms with Crippen molar-refractivity contribution in [3.8, 4) is 0 Å². The summed E-state index contributed by atoms with van der Waals surface area (Å²) in [6.07, 6.45) is 5.86. The first-order valence-electron chi connectivity index (χ1n) is 4.25. The molecule has 4 heteroatoms. The number of unbranched alkanes of at least 4 members (excludes halogenated alkanes) is 1. The Bertz CT molecular complexity index is 238. The van der Waals surface area contributed by atoms with Crippen molar-refractivity contribution in [3.05, 3.63) is 28.8 Å². The number of rotatable bonds is 5. The van der Waals surface area contributed by atoms with Gasteiger partial charge < -0.3 is 9.84 Å². The quantitative estimate of drug-likeness (QED) is 0.405. The molecular weight excluding hydrogens is 168 g/mol. The standard InChI is InChI=1S/C9H14N2O2/c1-3-4-5-6-7-13-9(12)8(2)11-10/h5-6H,3-4,7H2,1-2H3/p+1/b6-5-,9-8+. The summed E-state index contributed by atoms with van der Waals surface area (Å²) in [7, 11) is 0. The number of aliphatic hydroxyl groups is 1. The second kappa shape index (κ2) is 7.17. The Hall–Kier alpha value is -1.50. The number of aliphatic hydroxyl groups excluding tert-OH is 1. The fourth-order valence-electron chi connectivity index (χ4n) is 0.627. The van der Waals surface area contributed by atoms with Crippen LogP contribution in [0.5, 0.6) is 0 Å². The summed E-state index contributed by atoms with van der Waals surface area (Å²) in [5.41, 5.74) is 0.0730. The highest BCUT2D eigenvalue weighted by atomic mass is 16.6. The maximum Gasteiger partial charge on any atom is 0.437 e. The Morgan fingerprint density at radius 2 is 2.23 bits per heavy atom. The average molecular weight is 183 g/mol. The van der Waals surface area contributed by atoms with Crippen LogP contribution in [-0.4, -0.2) is 11.7 Å². The fraction of sp³-hybridized carbons (Fsp3) is 0.556. The van der Waals surface area contributed by atoms with E-state index in [4.69, 9.17) is 15.2 Å². The molecule has 0 aromatic rings. The molecule has 0 aromatic carbocycles. The normalized spacial score (nSPS) is 12.4. The van der Waals surface area contributed by atoms with Gasteiger partial charge in [0.25, 0.3) is 0 Å². The third-order valence-corrected chi connectivity index (χ3v) is 1.40. The largest absolute Gasteiger partial charge is 0.475 e. The molecule has 0 amide bonds. The SMILES string of the molecule is CCC/C=C\CO/C(O)=C(\C)[N+]#N. The van der Waals surface area contributed by atoms with Crippen molar-refractivity contribution in [2.75, 3.05) is 6.61 Å². The number of hydrogen-bond donors (Lipinski definition) is 1. The molecular formula is C9H15N2O2+. The number of nitrogens with zero attached hydrogens (tertiary/aromatic N) is 2. The van der Waals surface area contributed by atoms with Gasteiger partial charge in [0.2, 0.25) is 5.39 Å². The number of allylic oxidation sites excluding steroid dienone is 2. The highest BCUT2D eigenvalue weighted by Gasteiger charge is 2.11. The molecule has 0 aromatic heterocycles. The van der Waals surface area contributed by atoms with Crippen LogP contribution in [0.25, 0.3) is 4.98 Å². The van der Waals surface area contributed by atoms with E-state index < -0.39 is 0 Å². The molecule has 4 nitrogen and oxygen atoms in total. The van der Waals surface area contributed by atoms with Crippen molar-refractivity contribution in [2.24, 2.45) is 0 Å². The van der Waals surface area contributed by atoms with Gasteiger partial charge in [0, 0.05) is 0 Å². The molecule has 0 aliphatic rings. The lowest BCUT2D eigenvalue weighted by atomic mass is 10.3. The van der Waals surface area contributed by atoms with E-state index in [0.717, 1.165) is 12.8 Å². The zero-order valence-corrected chi connectivity index (χ0v) is 8.03. The Morgan fingerprint density at radius 1 is 1.54 bits per heavy atom. The van der Waals surface area contributed by atoms with Gasteiger partial charge in [-0.15, -0.1) is 0 Å². The summed E-state index contributed by atoms with van der Waals surface area (Å²) in [5.74, 6) is -0.344. The first kappa shape index (κ1) is 11.5. The fourth-order valence-corrected chi connectivity index (χ4v) is 0.627. The highest BCUT2D eigenvalue weighted by Crippen LogP contribution is 2.03. The molecule has 0 heterocycles. The van der Waals surface area contributed by atoms with E-state index in [9.17, 15) is 0 Å². The van der Waals surface area contributed by atoms with Gasteiger partial charge >= 0.3 is 11.6 Å². The summed E-state index contributed by atoms with van der Waals surface area (Å²) in [4.78, 5) is 2.78. The predicted molar refractivity (Wildman–Crippen MR) is 50.4 cm³/mol. The number of hydrogen-bond acceptors (Lipinski definition) is 3. The zero-order valence-electron chi connectivity index (χ0n) is 8.03. The lowest BCUT2D eigenvalue weighted by Gasteiger charge is -1.96. The van der Waals surface area contributed by atoms with Crippen LogP contribution < -0.4 is 0 Å². The van der Waals surface area contributed by atoms with Crippen LogP contribution in [-0.2, 0) is 4.74 Å². The van der Waals surface area contributed by atoms with Gasteiger partial charge in [0.15, 0.2) is 4.98 Å². The van der Waals surface area contributed by atoms with Crippen molar-refractivity contribution in [3.63, 3.8) is 0 Å². The van der Waals surface area contributed by atoms with Crippen molar-refractivity contribution >= 4 is 0 Å². The zero-order chi connectivity index (χ0) is 10.1. The molecule has 0 rings (SSSR count). The molecule has 0 spiro atoms. The van der Waals surface area contributed by atoms with Crippen LogP contribution >= 0.6 is 0 Å². The topological polar surface area (TPSA) is 57.6 Å². The molecule has 0 saturated carbocycles. The molecule has 0 aliphatic heterocycles. The minimum atomic E-state index is -0.344. The first-order chi connectivity index (χ1) is 6.22. The first-order valence-corrected chi connectivity index (χ1v) is 4.25. The number of ether oxygens (including phenoxy) is 1. The summed E-state index contributed by atoms with van der Waals surface area (Å²) in [6.45, 7) is 3.82. The van der Waals surface area contributed by atoms with E-state index in [1.165, 1.54) is 6.92 Å². The smallest absolute Gasteiger partial charge is 0.437 e. The monoisotopic (exact) mass is 183 g/mol. The van der Waals surface area contributed by atoms with Crippen molar-refractivity contribution in [1.29, 1.82) is 5.39 Å². The van der Waals surface area contributed by atoms with Crippen molar-refractivity contribution in [1.82, 2.24) is 0 Å². The molecule has 0 unspecified atom stereocenters. The number of diazo groups is 1. The lowest BCUT2D eigenvalue weighted by Crippen LogP contribution is -1.92. The summed E-state index contributed by atoms with van der Waals surface area (Å²) < 4.78 is 4.84. The van der Waals surface area contributed by atoms with E-state index in [2.05, 4.69) is 11.9 Å². The van der Waals surface area contributed by atoms with Gasteiger partial charge in [0.05, 0.1) is 6.92 Å². The molecule has 0 saturated heterocycles. The van der Waals surface area contributed by atoms with Gasteiger partial charge in [-0.3, -0.25) is 0 Å². The van der Waals surface area contributed by atoms with E-state index in [-0.39, 0.29) is 11.6 Å². The summed E-state index contributed by atoms with van der Waals surface area (Å²) in [5, 5.41) is 17.3. The molecule has 72 valence electrons. The van der Waals surface area contributed by atoms with Crippen LogP contribution in [0.2, 0.25) is 0 Å². The molecule has 0 aliphatic carbocycles. The van der Waals surface area contributed by atoms with Crippen LogP contribution in [0.3, 0.4) is 0 Å². The van der Waals surface area contributed by atoms with Crippen molar-refractivity contribution < 1.29 is 9.84 Å². The van der Waals surface area contributed by atoms with Crippen LogP contribution in [0.1, 0.15) is 26.7 Å². The third kappa shape index (κ3) is 5.74. The molecule has 0 bridgehead atoms. The maximum absolute atomic E-state index is 9.04. The van der Waals surface area contributed by atoms with Crippen LogP contribution in [0.4, 0.5) is 0 Å². The lowest BCUT2D eigenvalue weighted by molar-refractivity contribution is 0.109. The second-order valence-electron chi connectivity index (χ2n) is 2.56. The molecule has 0 radical (unpaired) electrons. The van der Waals surface area contributed by atoms with E-state index in [1.54, 1.807) is 0 Å². The van der Waals surface area contributed by atoms with Gasteiger partial charge in [0.1, 0.15) is 6.61 Å². The highest BCUT2D eigenvalue weighted by molar-refractivity contribution is 5.05.